The summed E-state index contributed by atoms with van der Waals surface area (Å²) >= 11 is 0. The smallest absolute Gasteiger partial charge is 0.201 e. The highest BCUT2D eigenvalue weighted by Gasteiger charge is 2.26. The van der Waals surface area contributed by atoms with Crippen molar-refractivity contribution in [3.05, 3.63) is 53.1 Å². The zero-order valence-electron chi connectivity index (χ0n) is 14.3. The molecule has 0 N–H and O–H groups in total. The first-order chi connectivity index (χ1) is 12.4. The van der Waals surface area contributed by atoms with E-state index in [-0.39, 0.29) is 40.7 Å². The summed E-state index contributed by atoms with van der Waals surface area (Å²) in [5, 5.41) is 0. The van der Waals surface area contributed by atoms with Gasteiger partial charge in [0.25, 0.3) is 0 Å². The van der Waals surface area contributed by atoms with Crippen molar-refractivity contribution in [3.8, 4) is 16.9 Å². The quantitative estimate of drug-likeness (QED) is 0.665. The molecule has 0 spiro atoms. The van der Waals surface area contributed by atoms with E-state index in [4.69, 9.17) is 4.74 Å². The molecule has 26 heavy (non-hydrogen) atoms. The molecule has 0 bridgehead atoms. The zero-order chi connectivity index (χ0) is 18.8. The molecule has 138 valence electrons. The molecule has 0 amide bonds. The Hall–Kier alpha value is -2.37. The van der Waals surface area contributed by atoms with E-state index in [1.807, 2.05) is 0 Å². The van der Waals surface area contributed by atoms with Gasteiger partial charge in [-0.15, -0.1) is 0 Å². The Balaban J connectivity index is 1.99. The van der Waals surface area contributed by atoms with Gasteiger partial charge in [-0.2, -0.15) is 4.39 Å². The molecule has 2 aromatic rings. The zero-order valence-corrected chi connectivity index (χ0v) is 14.3. The van der Waals surface area contributed by atoms with Gasteiger partial charge in [0, 0.05) is 24.0 Å². The van der Waals surface area contributed by atoms with Gasteiger partial charge >= 0.3 is 0 Å². The van der Waals surface area contributed by atoms with E-state index in [9.17, 15) is 22.4 Å². The second-order valence-electron chi connectivity index (χ2n) is 6.32. The number of carbonyl (C=O) groups is 1. The Kier molecular flexibility index (Phi) is 5.30. The summed E-state index contributed by atoms with van der Waals surface area (Å²) in [6.45, 7) is 1.77. The first-order valence-electron chi connectivity index (χ1n) is 8.54. The molecule has 2 aromatic carbocycles. The van der Waals surface area contributed by atoms with Crippen LogP contribution in [0.25, 0.3) is 11.1 Å². The lowest BCUT2D eigenvalue weighted by Gasteiger charge is -2.22. The van der Waals surface area contributed by atoms with Gasteiger partial charge < -0.3 is 4.74 Å². The van der Waals surface area contributed by atoms with E-state index in [1.165, 1.54) is 24.3 Å². The molecule has 0 atom stereocenters. The predicted octanol–water partition coefficient (Wildman–Crippen LogP) is 5.54. The normalized spacial score (nSPS) is 15.3. The van der Waals surface area contributed by atoms with Crippen LogP contribution >= 0.6 is 0 Å². The average molecular weight is 366 g/mol. The minimum atomic E-state index is -1.29. The molecule has 6 heteroatoms. The highest BCUT2D eigenvalue weighted by atomic mass is 19.2. The lowest BCUT2D eigenvalue weighted by atomic mass is 9.82. The molecular formula is C20H18F4O2. The highest BCUT2D eigenvalue weighted by Crippen LogP contribution is 2.37. The van der Waals surface area contributed by atoms with Crippen LogP contribution < -0.4 is 4.74 Å². The van der Waals surface area contributed by atoms with Crippen molar-refractivity contribution >= 4 is 5.78 Å². The number of halogens is 4. The van der Waals surface area contributed by atoms with E-state index in [1.54, 1.807) is 6.92 Å². The van der Waals surface area contributed by atoms with Gasteiger partial charge in [0.05, 0.1) is 6.61 Å². The number of carbonyl (C=O) groups excluding carboxylic acids is 1. The molecule has 0 radical (unpaired) electrons. The molecule has 0 saturated heterocycles. The fourth-order valence-corrected chi connectivity index (χ4v) is 3.35. The monoisotopic (exact) mass is 366 g/mol. The molecular weight excluding hydrogens is 348 g/mol. The summed E-state index contributed by atoms with van der Waals surface area (Å²) in [6.07, 6.45) is 1.60. The second-order valence-corrected chi connectivity index (χ2v) is 6.32. The minimum Gasteiger partial charge on any atom is -0.491 e. The largest absolute Gasteiger partial charge is 0.491 e. The maximum atomic E-state index is 14.6. The Morgan fingerprint density at radius 1 is 0.885 bits per heavy atom. The Morgan fingerprint density at radius 2 is 1.46 bits per heavy atom. The lowest BCUT2D eigenvalue weighted by molar-refractivity contribution is -0.120. The second kappa shape index (κ2) is 7.48. The number of ketones is 1. The molecule has 1 aliphatic carbocycles. The summed E-state index contributed by atoms with van der Waals surface area (Å²) in [5.74, 6) is -5.23. The number of Topliss-reactive ketones (excluding diaryl/α,β-unsaturated/α-hetero) is 1. The summed E-state index contributed by atoms with van der Waals surface area (Å²) < 4.78 is 62.4. The van der Waals surface area contributed by atoms with Gasteiger partial charge in [0.15, 0.2) is 23.2 Å². The van der Waals surface area contributed by atoms with Gasteiger partial charge in [-0.25, -0.2) is 13.2 Å². The Labute approximate surface area is 148 Å². The summed E-state index contributed by atoms with van der Waals surface area (Å²) in [4.78, 5) is 11.3. The van der Waals surface area contributed by atoms with Gasteiger partial charge in [0.1, 0.15) is 5.78 Å². The third-order valence-corrected chi connectivity index (χ3v) is 4.73. The first kappa shape index (κ1) is 18.4. The molecule has 3 rings (SSSR count). The van der Waals surface area contributed by atoms with Gasteiger partial charge in [0.2, 0.25) is 5.82 Å². The number of ether oxygens (including phenoxy) is 1. The third kappa shape index (κ3) is 3.32. The minimum absolute atomic E-state index is 0.116. The summed E-state index contributed by atoms with van der Waals surface area (Å²) in [6, 6.07) is 5.00. The van der Waals surface area contributed by atoms with Crippen LogP contribution in [0.5, 0.6) is 5.75 Å². The van der Waals surface area contributed by atoms with Crippen molar-refractivity contribution in [1.82, 2.24) is 0 Å². The lowest BCUT2D eigenvalue weighted by Crippen LogP contribution is -2.14. The van der Waals surface area contributed by atoms with E-state index in [0.29, 0.717) is 25.7 Å². The summed E-state index contributed by atoms with van der Waals surface area (Å²) in [5.41, 5.74) is -0.545. The van der Waals surface area contributed by atoms with E-state index in [0.717, 1.165) is 0 Å². The predicted molar refractivity (Wildman–Crippen MR) is 89.1 cm³/mol. The van der Waals surface area contributed by atoms with Gasteiger partial charge in [-0.05, 0) is 43.4 Å². The van der Waals surface area contributed by atoms with Crippen LogP contribution in [0.1, 0.15) is 44.1 Å². The molecule has 1 saturated carbocycles. The fourth-order valence-electron chi connectivity index (χ4n) is 3.35. The van der Waals surface area contributed by atoms with Crippen molar-refractivity contribution in [2.45, 2.75) is 38.5 Å². The number of rotatable bonds is 4. The third-order valence-electron chi connectivity index (χ3n) is 4.73. The average Bonchev–Trinajstić information content (AvgIpc) is 2.63. The van der Waals surface area contributed by atoms with Crippen LogP contribution in [0, 0.1) is 23.3 Å². The van der Waals surface area contributed by atoms with Crippen molar-refractivity contribution < 1.29 is 27.1 Å². The van der Waals surface area contributed by atoms with E-state index in [2.05, 4.69) is 0 Å². The van der Waals surface area contributed by atoms with Gasteiger partial charge in [-0.3, -0.25) is 4.79 Å². The van der Waals surface area contributed by atoms with E-state index >= 15 is 0 Å². The van der Waals surface area contributed by atoms with Crippen molar-refractivity contribution in [2.75, 3.05) is 6.61 Å². The molecule has 0 aliphatic heterocycles. The summed E-state index contributed by atoms with van der Waals surface area (Å²) in [7, 11) is 0. The van der Waals surface area contributed by atoms with Gasteiger partial charge in [-0.1, -0.05) is 12.1 Å². The fraction of sp³-hybridized carbons (Fsp3) is 0.350. The molecule has 1 fully saturated rings. The first-order valence-corrected chi connectivity index (χ1v) is 8.54. The molecule has 1 aliphatic rings. The van der Waals surface area contributed by atoms with Crippen LogP contribution in [-0.2, 0) is 4.79 Å². The Bertz CT molecular complexity index is 838. The molecule has 2 nitrogen and oxygen atoms in total. The van der Waals surface area contributed by atoms with Crippen molar-refractivity contribution in [1.29, 1.82) is 0 Å². The van der Waals surface area contributed by atoms with Crippen LogP contribution in [0.15, 0.2) is 24.3 Å². The maximum Gasteiger partial charge on any atom is 0.201 e. The molecule has 0 unspecified atom stereocenters. The standard InChI is InChI=1S/C20H18F4O2/c1-2-26-16-10-9-15(19(23)20(16)24)14-8-7-13(17(21)18(14)22)11-3-5-12(25)6-4-11/h7-11H,2-6H2,1H3. The highest BCUT2D eigenvalue weighted by molar-refractivity contribution is 5.79. The van der Waals surface area contributed by atoms with E-state index < -0.39 is 23.3 Å². The molecule has 0 aromatic heterocycles. The number of hydrogen-bond donors (Lipinski definition) is 0. The molecule has 0 heterocycles. The Morgan fingerprint density at radius 3 is 2.08 bits per heavy atom. The topological polar surface area (TPSA) is 26.3 Å². The van der Waals surface area contributed by atoms with Crippen molar-refractivity contribution in [2.24, 2.45) is 0 Å². The van der Waals surface area contributed by atoms with Crippen LogP contribution in [0.2, 0.25) is 0 Å². The van der Waals surface area contributed by atoms with Crippen LogP contribution in [-0.4, -0.2) is 12.4 Å². The van der Waals surface area contributed by atoms with Crippen LogP contribution in [0.3, 0.4) is 0 Å². The SMILES string of the molecule is CCOc1ccc(-c2ccc(C3CCC(=O)CC3)c(F)c2F)c(F)c1F. The number of benzene rings is 2. The number of hydrogen-bond acceptors (Lipinski definition) is 2. The van der Waals surface area contributed by atoms with Crippen LogP contribution in [0.4, 0.5) is 17.6 Å². The maximum absolute atomic E-state index is 14.6. The van der Waals surface area contributed by atoms with Crippen molar-refractivity contribution in [3.63, 3.8) is 0 Å².